The van der Waals surface area contributed by atoms with Crippen LogP contribution in [0.3, 0.4) is 0 Å². The molecule has 0 bridgehead atoms. The van der Waals surface area contributed by atoms with Crippen LogP contribution in [0.2, 0.25) is 0 Å². The van der Waals surface area contributed by atoms with Crippen molar-refractivity contribution in [3.05, 3.63) is 59.0 Å². The predicted octanol–water partition coefficient (Wildman–Crippen LogP) is 5.14. The van der Waals surface area contributed by atoms with Gasteiger partial charge in [-0.15, -0.1) is 12.4 Å². The number of carbonyl (C=O) groups excluding carboxylic acids is 2. The second-order valence-electron chi connectivity index (χ2n) is 11.7. The van der Waals surface area contributed by atoms with Gasteiger partial charge in [-0.1, -0.05) is 13.8 Å². The molecule has 11 heteroatoms. The van der Waals surface area contributed by atoms with Crippen LogP contribution in [0.15, 0.2) is 47.5 Å². The number of amides is 2. The number of nitrogens with zero attached hydrogens (tertiary/aromatic N) is 5. The van der Waals surface area contributed by atoms with Gasteiger partial charge in [0.1, 0.15) is 5.82 Å². The number of imide groups is 1. The van der Waals surface area contributed by atoms with E-state index >= 15 is 0 Å². The zero-order valence-corrected chi connectivity index (χ0v) is 24.1. The molecule has 2 aliphatic rings. The van der Waals surface area contributed by atoms with Crippen LogP contribution in [-0.2, 0) is 9.59 Å². The van der Waals surface area contributed by atoms with Gasteiger partial charge in [0.15, 0.2) is 0 Å². The van der Waals surface area contributed by atoms with Crippen molar-refractivity contribution in [2.75, 3.05) is 5.32 Å². The summed E-state index contributed by atoms with van der Waals surface area (Å²) in [7, 11) is 0. The average molecular weight is 571 g/mol. The first-order valence-electron chi connectivity index (χ1n) is 13.6. The zero-order chi connectivity index (χ0) is 27.9. The van der Waals surface area contributed by atoms with Gasteiger partial charge in [-0.3, -0.25) is 23.6 Å². The predicted molar refractivity (Wildman–Crippen MR) is 153 cm³/mol. The zero-order valence-electron chi connectivity index (χ0n) is 23.3. The first-order valence-corrected chi connectivity index (χ1v) is 13.6. The van der Waals surface area contributed by atoms with Gasteiger partial charge in [0.2, 0.25) is 17.8 Å². The highest BCUT2D eigenvalue weighted by molar-refractivity contribution is 5.98. The molecule has 0 spiro atoms. The lowest BCUT2D eigenvalue weighted by Gasteiger charge is -2.41. The van der Waals surface area contributed by atoms with Crippen molar-refractivity contribution in [1.29, 1.82) is 0 Å². The van der Waals surface area contributed by atoms with E-state index in [0.29, 0.717) is 35.9 Å². The lowest BCUT2D eigenvalue weighted by atomic mass is 9.80. The van der Waals surface area contributed by atoms with E-state index < -0.39 is 0 Å². The molecule has 2 fully saturated rings. The van der Waals surface area contributed by atoms with Gasteiger partial charge in [0.05, 0.1) is 17.1 Å². The molecule has 3 aromatic rings. The van der Waals surface area contributed by atoms with Crippen molar-refractivity contribution < 1.29 is 14.0 Å². The molecule has 1 aliphatic heterocycles. The molecule has 9 nitrogen and oxygen atoms in total. The van der Waals surface area contributed by atoms with Crippen LogP contribution >= 0.6 is 12.4 Å². The molecule has 1 N–H and O–H groups in total. The molecule has 0 radical (unpaired) electrons. The van der Waals surface area contributed by atoms with Crippen LogP contribution in [0.4, 0.5) is 10.3 Å². The number of anilines is 1. The van der Waals surface area contributed by atoms with Crippen molar-refractivity contribution in [2.45, 2.75) is 84.3 Å². The molecule has 1 aromatic carbocycles. The molecule has 1 aliphatic carbocycles. The highest BCUT2D eigenvalue weighted by Gasteiger charge is 2.41. The van der Waals surface area contributed by atoms with Gasteiger partial charge < -0.3 is 5.32 Å². The second-order valence-corrected chi connectivity index (χ2v) is 11.7. The van der Waals surface area contributed by atoms with Crippen LogP contribution in [0, 0.1) is 11.2 Å². The van der Waals surface area contributed by atoms with Crippen molar-refractivity contribution in [3.8, 4) is 17.1 Å². The van der Waals surface area contributed by atoms with Crippen molar-refractivity contribution in [1.82, 2.24) is 24.0 Å². The average Bonchev–Trinajstić information content (AvgIpc) is 3.22. The number of imidazole rings is 1. The Kier molecular flexibility index (Phi) is 8.49. The molecule has 40 heavy (non-hydrogen) atoms. The molecule has 1 saturated carbocycles. The minimum atomic E-state index is -0.377. The molecule has 1 saturated heterocycles. The molecule has 2 amide bonds. The fourth-order valence-corrected chi connectivity index (χ4v) is 5.68. The normalized spacial score (nSPS) is 20.9. The summed E-state index contributed by atoms with van der Waals surface area (Å²) < 4.78 is 16.7. The minimum Gasteiger partial charge on any atom is -0.351 e. The number of hydrogen-bond donors (Lipinski definition) is 1. The third-order valence-corrected chi connectivity index (χ3v) is 7.67. The van der Waals surface area contributed by atoms with Gasteiger partial charge in [0.25, 0.3) is 0 Å². The molecule has 3 heterocycles. The first kappa shape index (κ1) is 29.5. The molecular weight excluding hydrogens is 535 g/mol. The summed E-state index contributed by atoms with van der Waals surface area (Å²) in [5, 5.41) is 3.41. The number of rotatable bonds is 6. The summed E-state index contributed by atoms with van der Waals surface area (Å²) in [5.74, 6) is -0.0653. The number of hydrogen-bond acceptors (Lipinski definition) is 6. The van der Waals surface area contributed by atoms with E-state index in [2.05, 4.69) is 10.3 Å². The highest BCUT2D eigenvalue weighted by atomic mass is 35.5. The van der Waals surface area contributed by atoms with Gasteiger partial charge in [-0.2, -0.15) is 0 Å². The second kappa shape index (κ2) is 11.5. The molecule has 214 valence electrons. The lowest BCUT2D eigenvalue weighted by molar-refractivity contribution is -0.156. The fourth-order valence-electron chi connectivity index (χ4n) is 5.68. The van der Waals surface area contributed by atoms with Gasteiger partial charge in [0, 0.05) is 43.4 Å². The van der Waals surface area contributed by atoms with E-state index in [0.717, 1.165) is 25.7 Å². The number of halogens is 2. The maximum absolute atomic E-state index is 13.6. The van der Waals surface area contributed by atoms with Crippen molar-refractivity contribution in [3.63, 3.8) is 0 Å². The molecular formula is C29H36ClFN6O3. The maximum atomic E-state index is 13.6. The maximum Gasteiger partial charge on any atom is 0.333 e. The molecule has 5 rings (SSSR count). The number of likely N-dealkylation sites (tertiary alicyclic amines) is 1. The Balaban J connectivity index is 0.00000370. The number of benzene rings is 1. The van der Waals surface area contributed by atoms with Crippen LogP contribution in [0.25, 0.3) is 17.1 Å². The van der Waals surface area contributed by atoms with E-state index in [1.54, 1.807) is 35.2 Å². The van der Waals surface area contributed by atoms with E-state index in [1.807, 2.05) is 27.7 Å². The summed E-state index contributed by atoms with van der Waals surface area (Å²) >= 11 is 0. The smallest absolute Gasteiger partial charge is 0.333 e. The Hall–Kier alpha value is -3.53. The Morgan fingerprint density at radius 2 is 1.60 bits per heavy atom. The monoisotopic (exact) mass is 570 g/mol. The number of nitrogens with one attached hydrogen (secondary N) is 1. The van der Waals surface area contributed by atoms with E-state index in [-0.39, 0.29) is 59.3 Å². The van der Waals surface area contributed by atoms with Gasteiger partial charge in [-0.25, -0.2) is 19.2 Å². The van der Waals surface area contributed by atoms with Gasteiger partial charge in [-0.05, 0) is 75.3 Å². The topological polar surface area (TPSA) is 102 Å². The fraction of sp³-hybridized carbons (Fsp3) is 0.483. The van der Waals surface area contributed by atoms with Crippen LogP contribution in [0.5, 0.6) is 0 Å². The quantitative estimate of drug-likeness (QED) is 0.412. The molecule has 0 atom stereocenters. The lowest BCUT2D eigenvalue weighted by Crippen LogP contribution is -2.52. The van der Waals surface area contributed by atoms with Crippen LogP contribution < -0.4 is 11.0 Å². The Morgan fingerprint density at radius 3 is 2.20 bits per heavy atom. The Morgan fingerprint density at radius 1 is 0.975 bits per heavy atom. The van der Waals surface area contributed by atoms with Crippen molar-refractivity contribution in [2.24, 2.45) is 5.41 Å². The third kappa shape index (κ3) is 5.96. The van der Waals surface area contributed by atoms with Crippen molar-refractivity contribution >= 4 is 30.2 Å². The van der Waals surface area contributed by atoms with E-state index in [4.69, 9.17) is 4.98 Å². The third-order valence-electron chi connectivity index (χ3n) is 7.67. The summed E-state index contributed by atoms with van der Waals surface area (Å²) in [5.41, 5.74) is 1.19. The number of carbonyl (C=O) groups is 2. The Labute approximate surface area is 239 Å². The largest absolute Gasteiger partial charge is 0.351 e. The summed E-state index contributed by atoms with van der Waals surface area (Å²) in [6, 6.07) is 7.51. The van der Waals surface area contributed by atoms with Crippen LogP contribution in [-0.4, -0.2) is 47.9 Å². The summed E-state index contributed by atoms with van der Waals surface area (Å²) in [4.78, 5) is 49.3. The standard InChI is InChI=1S/C29H35FN6O3.ClH/c1-18(2)34-17-24(35(28(34)39)21-9-5-19(30)6-10-21)23-13-14-31-27(33-23)32-20-7-11-22(12-8-20)36-25(37)15-29(3,4)16-26(36)38;/h5-6,9-10,13-14,17-18,20,22H,7-8,11-12,15-16H2,1-4H3,(H,31,32,33);1H. The van der Waals surface area contributed by atoms with Gasteiger partial charge >= 0.3 is 5.69 Å². The van der Waals surface area contributed by atoms with E-state index in [1.165, 1.54) is 21.6 Å². The molecule has 0 unspecified atom stereocenters. The summed E-state index contributed by atoms with van der Waals surface area (Å²) in [6.07, 6.45) is 7.24. The Bertz CT molecular complexity index is 1420. The summed E-state index contributed by atoms with van der Waals surface area (Å²) in [6.45, 7) is 7.78. The van der Waals surface area contributed by atoms with Crippen LogP contribution in [0.1, 0.15) is 72.3 Å². The van der Waals surface area contributed by atoms with E-state index in [9.17, 15) is 18.8 Å². The number of aromatic nitrogens is 4. The number of piperidine rings is 1. The SMILES string of the molecule is CC(C)n1cc(-c2ccnc(NC3CCC(N4C(=O)CC(C)(C)CC4=O)CC3)n2)n(-c2ccc(F)cc2)c1=O.Cl. The highest BCUT2D eigenvalue weighted by Crippen LogP contribution is 2.35. The molecule has 2 aromatic heterocycles. The minimum absolute atomic E-state index is 0. The first-order chi connectivity index (χ1) is 18.5.